The highest BCUT2D eigenvalue weighted by molar-refractivity contribution is 9.10. The summed E-state index contributed by atoms with van der Waals surface area (Å²) >= 11 is 9.02. The first kappa shape index (κ1) is 14.7. The largest absolute Gasteiger partial charge is 0.303 e. The average molecular weight is 359 g/mol. The fourth-order valence-electron chi connectivity index (χ4n) is 1.72. The smallest absolute Gasteiger partial charge is 0.289 e. The van der Waals surface area contributed by atoms with Crippen molar-refractivity contribution in [1.82, 2.24) is 9.55 Å². The summed E-state index contributed by atoms with van der Waals surface area (Å²) in [5.74, 6) is 0. The van der Waals surface area contributed by atoms with Gasteiger partial charge in [0.1, 0.15) is 5.15 Å². The maximum absolute atomic E-state index is 12.1. The van der Waals surface area contributed by atoms with Crippen LogP contribution in [0.1, 0.15) is 11.1 Å². The van der Waals surface area contributed by atoms with Gasteiger partial charge in [0.05, 0.1) is 22.1 Å². The van der Waals surface area contributed by atoms with E-state index in [-0.39, 0.29) is 27.4 Å². The molecule has 0 fully saturated rings. The number of hydrogen-bond acceptors (Lipinski definition) is 4. The molecule has 2 aromatic rings. The number of nitrogens with zero attached hydrogens (tertiary/aromatic N) is 3. The molecule has 2 heterocycles. The Morgan fingerprint density at radius 2 is 2.25 bits per heavy atom. The molecule has 0 aliphatic carbocycles. The molecule has 0 aliphatic heterocycles. The lowest BCUT2D eigenvalue weighted by atomic mass is 10.2. The van der Waals surface area contributed by atoms with Crippen LogP contribution in [0.25, 0.3) is 0 Å². The van der Waals surface area contributed by atoms with Gasteiger partial charge in [0.25, 0.3) is 11.2 Å². The third-order valence-corrected chi connectivity index (χ3v) is 4.09. The van der Waals surface area contributed by atoms with Crippen molar-refractivity contribution >= 4 is 33.2 Å². The molecule has 0 saturated carbocycles. The molecule has 0 bridgehead atoms. The summed E-state index contributed by atoms with van der Waals surface area (Å²) < 4.78 is 1.41. The number of aromatic nitrogens is 2. The minimum absolute atomic E-state index is 0.116. The van der Waals surface area contributed by atoms with Crippen molar-refractivity contribution in [2.45, 2.75) is 13.5 Å². The second-order valence-electron chi connectivity index (χ2n) is 4.10. The second-order valence-corrected chi connectivity index (χ2v) is 5.25. The Balaban J connectivity index is 2.56. The minimum atomic E-state index is -0.527. The molecule has 0 saturated heterocycles. The Morgan fingerprint density at radius 3 is 2.85 bits per heavy atom. The molecule has 0 N–H and O–H groups in total. The van der Waals surface area contributed by atoms with Crippen LogP contribution in [-0.2, 0) is 6.54 Å². The first-order valence-electron chi connectivity index (χ1n) is 5.55. The minimum Gasteiger partial charge on any atom is -0.303 e. The molecule has 0 aliphatic rings. The Labute approximate surface area is 127 Å². The van der Waals surface area contributed by atoms with E-state index in [9.17, 15) is 14.9 Å². The first-order valence-corrected chi connectivity index (χ1v) is 6.72. The van der Waals surface area contributed by atoms with Crippen LogP contribution in [-0.4, -0.2) is 14.5 Å². The molecule has 2 rings (SSSR count). The number of halogens is 2. The van der Waals surface area contributed by atoms with Crippen LogP contribution in [0, 0.1) is 17.0 Å². The van der Waals surface area contributed by atoms with Gasteiger partial charge in [-0.15, -0.1) is 0 Å². The van der Waals surface area contributed by atoms with Crippen LogP contribution >= 0.6 is 27.5 Å². The van der Waals surface area contributed by atoms with E-state index in [0.29, 0.717) is 11.1 Å². The highest BCUT2D eigenvalue weighted by Gasteiger charge is 2.18. The zero-order valence-corrected chi connectivity index (χ0v) is 12.7. The Kier molecular flexibility index (Phi) is 4.20. The molecule has 20 heavy (non-hydrogen) atoms. The number of rotatable bonds is 3. The van der Waals surface area contributed by atoms with E-state index in [4.69, 9.17) is 11.6 Å². The van der Waals surface area contributed by atoms with Crippen molar-refractivity contribution in [1.29, 1.82) is 0 Å². The van der Waals surface area contributed by atoms with Crippen LogP contribution in [0.3, 0.4) is 0 Å². The van der Waals surface area contributed by atoms with Gasteiger partial charge in [-0.1, -0.05) is 17.7 Å². The lowest BCUT2D eigenvalue weighted by molar-refractivity contribution is -0.386. The average Bonchev–Trinajstić information content (AvgIpc) is 2.41. The molecular formula is C12H9BrClN3O3. The second kappa shape index (κ2) is 5.72. The van der Waals surface area contributed by atoms with Gasteiger partial charge in [0.2, 0.25) is 0 Å². The number of nitro groups is 1. The topological polar surface area (TPSA) is 78.0 Å². The molecule has 0 atom stereocenters. The first-order chi connectivity index (χ1) is 9.41. The van der Waals surface area contributed by atoms with Crippen molar-refractivity contribution in [2.75, 3.05) is 0 Å². The van der Waals surface area contributed by atoms with Gasteiger partial charge in [0.15, 0.2) is 0 Å². The van der Waals surface area contributed by atoms with Crippen molar-refractivity contribution in [3.05, 3.63) is 65.7 Å². The van der Waals surface area contributed by atoms with Gasteiger partial charge in [-0.05, 0) is 28.9 Å². The summed E-state index contributed by atoms with van der Waals surface area (Å²) in [6, 6.07) is 3.39. The van der Waals surface area contributed by atoms with E-state index in [1.165, 1.54) is 23.9 Å². The van der Waals surface area contributed by atoms with E-state index >= 15 is 0 Å². The SMILES string of the molecule is Cc1c([N+](=O)[O-])cn(Cc2cccnc2Cl)c(=O)c1Br. The third kappa shape index (κ3) is 2.73. The predicted octanol–water partition coefficient (Wildman–Crippen LogP) is 2.92. The van der Waals surface area contributed by atoms with E-state index < -0.39 is 4.92 Å². The maximum Gasteiger partial charge on any atom is 0.289 e. The summed E-state index contributed by atoms with van der Waals surface area (Å²) in [6.45, 7) is 1.64. The molecule has 6 nitrogen and oxygen atoms in total. The molecule has 0 spiro atoms. The normalized spacial score (nSPS) is 10.6. The predicted molar refractivity (Wildman–Crippen MR) is 78.1 cm³/mol. The molecular weight excluding hydrogens is 350 g/mol. The van der Waals surface area contributed by atoms with Gasteiger partial charge in [-0.25, -0.2) is 4.98 Å². The van der Waals surface area contributed by atoms with Crippen molar-refractivity contribution < 1.29 is 4.92 Å². The Morgan fingerprint density at radius 1 is 1.55 bits per heavy atom. The highest BCUT2D eigenvalue weighted by atomic mass is 79.9. The lowest BCUT2D eigenvalue weighted by Crippen LogP contribution is -2.23. The van der Waals surface area contributed by atoms with Crippen LogP contribution in [0.5, 0.6) is 0 Å². The Bertz CT molecular complexity index is 745. The summed E-state index contributed by atoms with van der Waals surface area (Å²) in [6.07, 6.45) is 2.74. The van der Waals surface area contributed by atoms with Gasteiger partial charge >= 0.3 is 0 Å². The molecule has 0 radical (unpaired) electrons. The quantitative estimate of drug-likeness (QED) is 0.480. The van der Waals surface area contributed by atoms with Gasteiger partial charge in [0, 0.05) is 17.3 Å². The van der Waals surface area contributed by atoms with Crippen LogP contribution in [0.4, 0.5) is 5.69 Å². The molecule has 0 amide bonds. The highest BCUT2D eigenvalue weighted by Crippen LogP contribution is 2.23. The molecule has 104 valence electrons. The van der Waals surface area contributed by atoms with Crippen LogP contribution in [0.15, 0.2) is 33.8 Å². The fourth-order valence-corrected chi connectivity index (χ4v) is 2.33. The third-order valence-electron chi connectivity index (χ3n) is 2.81. The molecule has 8 heteroatoms. The summed E-state index contributed by atoms with van der Waals surface area (Å²) in [5, 5.41) is 11.3. The monoisotopic (exact) mass is 357 g/mol. The zero-order valence-electron chi connectivity index (χ0n) is 10.3. The van der Waals surface area contributed by atoms with Crippen LogP contribution < -0.4 is 5.56 Å². The van der Waals surface area contributed by atoms with E-state index in [2.05, 4.69) is 20.9 Å². The number of pyridine rings is 2. The van der Waals surface area contributed by atoms with Gasteiger partial charge in [-0.2, -0.15) is 0 Å². The van der Waals surface area contributed by atoms with Crippen molar-refractivity contribution in [3.8, 4) is 0 Å². The van der Waals surface area contributed by atoms with Crippen LogP contribution in [0.2, 0.25) is 5.15 Å². The lowest BCUT2D eigenvalue weighted by Gasteiger charge is -2.09. The summed E-state index contributed by atoms with van der Waals surface area (Å²) in [5.41, 5.74) is 0.430. The van der Waals surface area contributed by atoms with E-state index in [1.807, 2.05) is 0 Å². The van der Waals surface area contributed by atoms with Gasteiger partial charge in [-0.3, -0.25) is 14.9 Å². The molecule has 2 aromatic heterocycles. The number of hydrogen-bond donors (Lipinski definition) is 0. The van der Waals surface area contributed by atoms with Crippen molar-refractivity contribution in [3.63, 3.8) is 0 Å². The Hall–Kier alpha value is -1.73. The fraction of sp³-hybridized carbons (Fsp3) is 0.167. The van der Waals surface area contributed by atoms with E-state index in [1.54, 1.807) is 12.1 Å². The van der Waals surface area contributed by atoms with E-state index in [0.717, 1.165) is 0 Å². The molecule has 0 unspecified atom stereocenters. The standard InChI is InChI=1S/C12H9BrClN3O3/c1-7-9(17(19)20)6-16(12(18)10(7)13)5-8-3-2-4-15-11(8)14/h2-4,6H,5H2,1H3. The maximum atomic E-state index is 12.1. The van der Waals surface area contributed by atoms with Gasteiger partial charge < -0.3 is 4.57 Å². The molecule has 0 aromatic carbocycles. The van der Waals surface area contributed by atoms with Crippen molar-refractivity contribution in [2.24, 2.45) is 0 Å². The summed E-state index contributed by atoms with van der Waals surface area (Å²) in [7, 11) is 0. The summed E-state index contributed by atoms with van der Waals surface area (Å²) in [4.78, 5) is 26.5. The zero-order chi connectivity index (χ0) is 14.9.